The summed E-state index contributed by atoms with van der Waals surface area (Å²) in [5, 5.41) is 23.7. The lowest BCUT2D eigenvalue weighted by Crippen LogP contribution is -2.17. The summed E-state index contributed by atoms with van der Waals surface area (Å²) < 4.78 is 5.32. The summed E-state index contributed by atoms with van der Waals surface area (Å²) in [6.07, 6.45) is 0.950. The Kier molecular flexibility index (Phi) is 6.97. The zero-order valence-electron chi connectivity index (χ0n) is 12.0. The number of nitro groups is 1. The Morgan fingerprint density at radius 1 is 1.45 bits per heavy atom. The van der Waals surface area contributed by atoms with Crippen molar-refractivity contribution in [1.82, 2.24) is 5.32 Å². The van der Waals surface area contributed by atoms with E-state index >= 15 is 0 Å². The van der Waals surface area contributed by atoms with Gasteiger partial charge in [-0.05, 0) is 31.0 Å². The lowest BCUT2D eigenvalue weighted by atomic mass is 10.2. The number of hydrogen-bond acceptors (Lipinski definition) is 5. The first kappa shape index (κ1) is 16.4. The molecule has 0 aliphatic rings. The average molecular weight is 282 g/mol. The molecule has 0 spiro atoms. The fourth-order valence-corrected chi connectivity index (χ4v) is 1.65. The largest absolute Gasteiger partial charge is 0.484 e. The van der Waals surface area contributed by atoms with Gasteiger partial charge >= 0.3 is 5.69 Å². The Morgan fingerprint density at radius 2 is 2.20 bits per heavy atom. The third-order valence-corrected chi connectivity index (χ3v) is 2.88. The number of aliphatic hydroxyl groups excluding tert-OH is 1. The Balaban J connectivity index is 2.76. The number of nitrogens with one attached hydrogen (secondary N) is 1. The molecule has 0 aromatic heterocycles. The highest BCUT2D eigenvalue weighted by Gasteiger charge is 2.16. The molecule has 112 valence electrons. The van der Waals surface area contributed by atoms with Crippen LogP contribution in [0.25, 0.3) is 0 Å². The van der Waals surface area contributed by atoms with E-state index in [9.17, 15) is 15.2 Å². The van der Waals surface area contributed by atoms with Gasteiger partial charge in [0.1, 0.15) is 6.61 Å². The van der Waals surface area contributed by atoms with E-state index in [0.29, 0.717) is 13.0 Å². The molecule has 6 heteroatoms. The van der Waals surface area contributed by atoms with E-state index in [1.54, 1.807) is 12.1 Å². The molecule has 0 bridgehead atoms. The van der Waals surface area contributed by atoms with Crippen molar-refractivity contribution in [3.05, 3.63) is 33.9 Å². The van der Waals surface area contributed by atoms with Gasteiger partial charge < -0.3 is 15.2 Å². The molecule has 0 saturated carbocycles. The lowest BCUT2D eigenvalue weighted by molar-refractivity contribution is -0.386. The van der Waals surface area contributed by atoms with E-state index in [4.69, 9.17) is 4.74 Å². The molecule has 1 rings (SSSR count). The molecule has 1 aromatic carbocycles. The molecule has 0 saturated heterocycles. The number of rotatable bonds is 9. The first-order valence-corrected chi connectivity index (χ1v) is 6.87. The third kappa shape index (κ3) is 5.14. The van der Waals surface area contributed by atoms with Crippen LogP contribution in [0.5, 0.6) is 5.75 Å². The molecule has 0 amide bonds. The predicted octanol–water partition coefficient (Wildman–Crippen LogP) is 2.24. The Labute approximate surface area is 118 Å². The monoisotopic (exact) mass is 282 g/mol. The molecule has 2 N–H and O–H groups in total. The van der Waals surface area contributed by atoms with Crippen molar-refractivity contribution in [1.29, 1.82) is 0 Å². The Bertz CT molecular complexity index is 437. The lowest BCUT2D eigenvalue weighted by Gasteiger charge is -2.11. The summed E-state index contributed by atoms with van der Waals surface area (Å²) >= 11 is 0. The first-order valence-electron chi connectivity index (χ1n) is 6.87. The van der Waals surface area contributed by atoms with Gasteiger partial charge in [-0.2, -0.15) is 0 Å². The average Bonchev–Trinajstić information content (AvgIpc) is 2.45. The van der Waals surface area contributed by atoms with Crippen LogP contribution in [-0.4, -0.2) is 29.3 Å². The van der Waals surface area contributed by atoms with E-state index in [2.05, 4.69) is 12.2 Å². The number of nitrogens with zero attached hydrogens (tertiary/aromatic N) is 1. The maximum atomic E-state index is 11.1. The van der Waals surface area contributed by atoms with Crippen LogP contribution in [-0.2, 0) is 6.54 Å². The number of hydrogen-bond donors (Lipinski definition) is 2. The number of nitro benzene ring substituents is 1. The van der Waals surface area contributed by atoms with E-state index < -0.39 is 11.0 Å². The van der Waals surface area contributed by atoms with Gasteiger partial charge in [-0.25, -0.2) is 0 Å². The van der Waals surface area contributed by atoms with Crippen molar-refractivity contribution in [2.24, 2.45) is 0 Å². The molecular formula is C14H22N2O4. The summed E-state index contributed by atoms with van der Waals surface area (Å²) in [7, 11) is 0. The number of ether oxygens (including phenoxy) is 1. The van der Waals surface area contributed by atoms with Crippen molar-refractivity contribution >= 4 is 5.69 Å². The maximum Gasteiger partial charge on any atom is 0.311 e. The van der Waals surface area contributed by atoms with E-state index in [1.807, 2.05) is 6.92 Å². The van der Waals surface area contributed by atoms with Gasteiger partial charge in [0, 0.05) is 12.6 Å². The van der Waals surface area contributed by atoms with Crippen molar-refractivity contribution in [2.75, 3.05) is 13.2 Å². The highest BCUT2D eigenvalue weighted by atomic mass is 16.6. The minimum Gasteiger partial charge on any atom is -0.484 e. The first-order chi connectivity index (χ1) is 9.58. The second-order valence-corrected chi connectivity index (χ2v) is 4.61. The van der Waals surface area contributed by atoms with Crippen LogP contribution < -0.4 is 10.1 Å². The standard InChI is InChI=1S/C14H22N2O4/c1-3-7-15-9-11-5-6-14(13(8-11)16(18)19)20-10-12(17)4-2/h5-6,8,12,15,17H,3-4,7,9-10H2,1-2H3. The number of benzene rings is 1. The molecular weight excluding hydrogens is 260 g/mol. The second-order valence-electron chi connectivity index (χ2n) is 4.61. The molecule has 0 radical (unpaired) electrons. The topological polar surface area (TPSA) is 84.6 Å². The minimum atomic E-state index is -0.611. The molecule has 1 atom stereocenters. The van der Waals surface area contributed by atoms with Crippen LogP contribution in [0.15, 0.2) is 18.2 Å². The Morgan fingerprint density at radius 3 is 2.80 bits per heavy atom. The molecule has 20 heavy (non-hydrogen) atoms. The summed E-state index contributed by atoms with van der Waals surface area (Å²) in [4.78, 5) is 10.6. The molecule has 6 nitrogen and oxygen atoms in total. The maximum absolute atomic E-state index is 11.1. The molecule has 0 aliphatic heterocycles. The zero-order chi connectivity index (χ0) is 15.0. The van der Waals surface area contributed by atoms with Crippen molar-refractivity contribution in [3.63, 3.8) is 0 Å². The van der Waals surface area contributed by atoms with Gasteiger partial charge in [0.15, 0.2) is 5.75 Å². The van der Waals surface area contributed by atoms with E-state index in [-0.39, 0.29) is 18.0 Å². The third-order valence-electron chi connectivity index (χ3n) is 2.88. The summed E-state index contributed by atoms with van der Waals surface area (Å²) in [5.41, 5.74) is 0.776. The van der Waals surface area contributed by atoms with Gasteiger partial charge in [0.25, 0.3) is 0 Å². The molecule has 0 heterocycles. The van der Waals surface area contributed by atoms with Gasteiger partial charge in [-0.15, -0.1) is 0 Å². The smallest absolute Gasteiger partial charge is 0.311 e. The molecule has 0 fully saturated rings. The van der Waals surface area contributed by atoms with Crippen LogP contribution in [0.2, 0.25) is 0 Å². The highest BCUT2D eigenvalue weighted by Crippen LogP contribution is 2.28. The molecule has 1 aromatic rings. The summed E-state index contributed by atoms with van der Waals surface area (Å²) in [6.45, 7) is 5.41. The number of aliphatic hydroxyl groups is 1. The van der Waals surface area contributed by atoms with Crippen LogP contribution in [0.1, 0.15) is 32.3 Å². The molecule has 1 unspecified atom stereocenters. The minimum absolute atomic E-state index is 0.0603. The predicted molar refractivity (Wildman–Crippen MR) is 76.9 cm³/mol. The van der Waals surface area contributed by atoms with Crippen LogP contribution in [0.4, 0.5) is 5.69 Å². The van der Waals surface area contributed by atoms with Gasteiger partial charge in [-0.1, -0.05) is 19.9 Å². The zero-order valence-corrected chi connectivity index (χ0v) is 12.0. The van der Waals surface area contributed by atoms with Crippen molar-refractivity contribution < 1.29 is 14.8 Å². The summed E-state index contributed by atoms with van der Waals surface area (Å²) in [6, 6.07) is 4.89. The van der Waals surface area contributed by atoms with Crippen molar-refractivity contribution in [2.45, 2.75) is 39.3 Å². The van der Waals surface area contributed by atoms with Crippen LogP contribution in [0.3, 0.4) is 0 Å². The highest BCUT2D eigenvalue weighted by molar-refractivity contribution is 5.48. The van der Waals surface area contributed by atoms with Gasteiger partial charge in [-0.3, -0.25) is 10.1 Å². The van der Waals surface area contributed by atoms with E-state index in [1.165, 1.54) is 6.07 Å². The van der Waals surface area contributed by atoms with Crippen LogP contribution >= 0.6 is 0 Å². The van der Waals surface area contributed by atoms with E-state index in [0.717, 1.165) is 18.5 Å². The van der Waals surface area contributed by atoms with Crippen molar-refractivity contribution in [3.8, 4) is 5.75 Å². The van der Waals surface area contributed by atoms with Crippen LogP contribution in [0, 0.1) is 10.1 Å². The quantitative estimate of drug-likeness (QED) is 0.412. The van der Waals surface area contributed by atoms with Gasteiger partial charge in [0.2, 0.25) is 0 Å². The second kappa shape index (κ2) is 8.50. The fraction of sp³-hybridized carbons (Fsp3) is 0.571. The Hall–Kier alpha value is -1.66. The summed E-state index contributed by atoms with van der Waals surface area (Å²) in [5.74, 6) is 0.196. The SMILES string of the molecule is CCCNCc1ccc(OCC(O)CC)c([N+](=O)[O-])c1. The molecule has 0 aliphatic carbocycles. The fourth-order valence-electron chi connectivity index (χ4n) is 1.65. The normalized spacial score (nSPS) is 12.2. The van der Waals surface area contributed by atoms with Gasteiger partial charge in [0.05, 0.1) is 11.0 Å².